The number of anilines is 1. The molecule has 0 saturated heterocycles. The molecule has 0 saturated carbocycles. The highest BCUT2D eigenvalue weighted by atomic mass is 32.2. The number of hydrogen-bond donors (Lipinski definition) is 2. The van der Waals surface area contributed by atoms with Crippen LogP contribution in [0.5, 0.6) is 0 Å². The van der Waals surface area contributed by atoms with Gasteiger partial charge in [-0.2, -0.15) is 0 Å². The summed E-state index contributed by atoms with van der Waals surface area (Å²) in [7, 11) is -2.29. The Morgan fingerprint density at radius 3 is 2.46 bits per heavy atom. The third-order valence-corrected chi connectivity index (χ3v) is 7.71. The van der Waals surface area contributed by atoms with E-state index >= 15 is 0 Å². The standard InChI is InChI=1S/C14H17N3O4S3/c1-4-17(3)24(20,21)11-7-9(12(15)18)14(23-11)16-13(19)10-6-5-8(2)22-10/h5-7H,4H2,1-3H3,(H2,15,18)(H,16,19). The highest BCUT2D eigenvalue weighted by Crippen LogP contribution is 2.33. The molecule has 24 heavy (non-hydrogen) atoms. The Morgan fingerprint density at radius 1 is 1.29 bits per heavy atom. The molecule has 2 heterocycles. The van der Waals surface area contributed by atoms with Crippen LogP contribution < -0.4 is 11.1 Å². The van der Waals surface area contributed by atoms with E-state index in [1.165, 1.54) is 24.5 Å². The van der Waals surface area contributed by atoms with Crippen LogP contribution in [0.25, 0.3) is 0 Å². The Kier molecular flexibility index (Phi) is 5.43. The number of carbonyl (C=O) groups is 2. The minimum atomic E-state index is -3.73. The first-order valence-electron chi connectivity index (χ1n) is 6.94. The van der Waals surface area contributed by atoms with Gasteiger partial charge in [-0.3, -0.25) is 9.59 Å². The minimum Gasteiger partial charge on any atom is -0.366 e. The van der Waals surface area contributed by atoms with E-state index in [1.54, 1.807) is 19.1 Å². The van der Waals surface area contributed by atoms with Crippen LogP contribution in [0.1, 0.15) is 31.8 Å². The van der Waals surface area contributed by atoms with E-state index in [4.69, 9.17) is 5.73 Å². The normalized spacial score (nSPS) is 11.7. The maximum absolute atomic E-state index is 12.4. The predicted molar refractivity (Wildman–Crippen MR) is 95.3 cm³/mol. The topological polar surface area (TPSA) is 110 Å². The van der Waals surface area contributed by atoms with Gasteiger partial charge in [0.05, 0.1) is 10.4 Å². The molecule has 0 aliphatic carbocycles. The van der Waals surface area contributed by atoms with Crippen LogP contribution in [0.15, 0.2) is 22.4 Å². The fourth-order valence-electron chi connectivity index (χ4n) is 1.82. The van der Waals surface area contributed by atoms with Gasteiger partial charge in [-0.15, -0.1) is 22.7 Å². The molecule has 130 valence electrons. The molecule has 0 spiro atoms. The summed E-state index contributed by atoms with van der Waals surface area (Å²) < 4.78 is 25.9. The van der Waals surface area contributed by atoms with Crippen LogP contribution in [-0.4, -0.2) is 38.1 Å². The highest BCUT2D eigenvalue weighted by Gasteiger charge is 2.26. The molecule has 0 fully saturated rings. The van der Waals surface area contributed by atoms with Gasteiger partial charge < -0.3 is 11.1 Å². The van der Waals surface area contributed by atoms with E-state index in [2.05, 4.69) is 5.32 Å². The SMILES string of the molecule is CCN(C)S(=O)(=O)c1cc(C(N)=O)c(NC(=O)c2ccc(C)s2)s1. The summed E-state index contributed by atoms with van der Waals surface area (Å²) in [6, 6.07) is 4.66. The summed E-state index contributed by atoms with van der Waals surface area (Å²) in [5, 5.41) is 2.70. The largest absolute Gasteiger partial charge is 0.366 e. The molecular weight excluding hydrogens is 370 g/mol. The van der Waals surface area contributed by atoms with Crippen LogP contribution in [0.3, 0.4) is 0 Å². The third-order valence-electron chi connectivity index (χ3n) is 3.28. The van der Waals surface area contributed by atoms with Gasteiger partial charge in [0.1, 0.15) is 9.21 Å². The molecule has 10 heteroatoms. The van der Waals surface area contributed by atoms with Crippen molar-refractivity contribution in [2.45, 2.75) is 18.1 Å². The monoisotopic (exact) mass is 387 g/mol. The Bertz CT molecular complexity index is 883. The third kappa shape index (κ3) is 3.66. The van der Waals surface area contributed by atoms with Gasteiger partial charge in [0.25, 0.3) is 21.8 Å². The molecule has 0 bridgehead atoms. The van der Waals surface area contributed by atoms with Crippen molar-refractivity contribution in [2.24, 2.45) is 5.73 Å². The van der Waals surface area contributed by atoms with Gasteiger partial charge >= 0.3 is 0 Å². The lowest BCUT2D eigenvalue weighted by atomic mass is 10.3. The lowest BCUT2D eigenvalue weighted by molar-refractivity contribution is 0.100. The predicted octanol–water partition coefficient (Wildman–Crippen LogP) is 2.11. The van der Waals surface area contributed by atoms with Gasteiger partial charge in [-0.05, 0) is 25.1 Å². The van der Waals surface area contributed by atoms with Crippen LogP contribution in [0, 0.1) is 6.92 Å². The van der Waals surface area contributed by atoms with E-state index in [9.17, 15) is 18.0 Å². The zero-order valence-electron chi connectivity index (χ0n) is 13.3. The smallest absolute Gasteiger partial charge is 0.266 e. The molecule has 0 unspecified atom stereocenters. The second-order valence-electron chi connectivity index (χ2n) is 4.96. The van der Waals surface area contributed by atoms with Crippen molar-refractivity contribution < 1.29 is 18.0 Å². The van der Waals surface area contributed by atoms with Gasteiger partial charge in [0, 0.05) is 18.5 Å². The Hall–Kier alpha value is -1.75. The highest BCUT2D eigenvalue weighted by molar-refractivity contribution is 7.91. The number of amides is 2. The lowest BCUT2D eigenvalue weighted by Crippen LogP contribution is -2.25. The van der Waals surface area contributed by atoms with Crippen molar-refractivity contribution in [1.82, 2.24) is 4.31 Å². The zero-order valence-corrected chi connectivity index (χ0v) is 15.8. The molecule has 2 aromatic heterocycles. The number of nitrogens with zero attached hydrogens (tertiary/aromatic N) is 1. The van der Waals surface area contributed by atoms with Gasteiger partial charge in [0.15, 0.2) is 0 Å². The van der Waals surface area contributed by atoms with E-state index in [1.807, 2.05) is 6.92 Å². The molecule has 2 amide bonds. The fourth-order valence-corrected chi connectivity index (χ4v) is 5.34. The maximum atomic E-state index is 12.4. The van der Waals surface area contributed by atoms with Crippen molar-refractivity contribution in [3.63, 3.8) is 0 Å². The van der Waals surface area contributed by atoms with Crippen molar-refractivity contribution in [2.75, 3.05) is 18.9 Å². The molecule has 0 aliphatic heterocycles. The van der Waals surface area contributed by atoms with E-state index in [-0.39, 0.29) is 21.3 Å². The van der Waals surface area contributed by atoms with E-state index in [0.29, 0.717) is 4.88 Å². The average Bonchev–Trinajstić information content (AvgIpc) is 3.13. The minimum absolute atomic E-state index is 0.0234. The first-order valence-corrected chi connectivity index (χ1v) is 10.0. The summed E-state index contributed by atoms with van der Waals surface area (Å²) in [6.45, 7) is 3.84. The van der Waals surface area contributed by atoms with Crippen molar-refractivity contribution >= 4 is 49.5 Å². The molecule has 0 aromatic carbocycles. The van der Waals surface area contributed by atoms with Crippen molar-refractivity contribution in [3.05, 3.63) is 33.5 Å². The number of carbonyl (C=O) groups excluding carboxylic acids is 2. The quantitative estimate of drug-likeness (QED) is 0.791. The summed E-state index contributed by atoms with van der Waals surface area (Å²) >= 11 is 2.11. The number of thiophene rings is 2. The molecule has 0 aliphatic rings. The van der Waals surface area contributed by atoms with E-state index in [0.717, 1.165) is 20.5 Å². The zero-order chi connectivity index (χ0) is 18.1. The lowest BCUT2D eigenvalue weighted by Gasteiger charge is -2.12. The molecule has 0 radical (unpaired) electrons. The summed E-state index contributed by atoms with van der Waals surface area (Å²) in [5.41, 5.74) is 5.29. The van der Waals surface area contributed by atoms with Crippen molar-refractivity contribution in [3.8, 4) is 0 Å². The number of nitrogens with one attached hydrogen (secondary N) is 1. The van der Waals surface area contributed by atoms with Crippen LogP contribution >= 0.6 is 22.7 Å². The Labute approximate surface area is 148 Å². The number of nitrogens with two attached hydrogens (primary N) is 1. The van der Waals surface area contributed by atoms with Crippen molar-refractivity contribution in [1.29, 1.82) is 0 Å². The van der Waals surface area contributed by atoms with E-state index < -0.39 is 21.8 Å². The van der Waals surface area contributed by atoms with Crippen LogP contribution in [0.2, 0.25) is 0 Å². The maximum Gasteiger partial charge on any atom is 0.266 e. The Balaban J connectivity index is 2.39. The molecular formula is C14H17N3O4S3. The van der Waals surface area contributed by atoms with Crippen LogP contribution in [-0.2, 0) is 10.0 Å². The molecule has 7 nitrogen and oxygen atoms in total. The molecule has 3 N–H and O–H groups in total. The number of primary amides is 1. The Morgan fingerprint density at radius 2 is 1.96 bits per heavy atom. The average molecular weight is 388 g/mol. The number of hydrogen-bond acceptors (Lipinski definition) is 6. The number of rotatable bonds is 6. The first kappa shape index (κ1) is 18.6. The second-order valence-corrected chi connectivity index (χ2v) is 9.57. The summed E-state index contributed by atoms with van der Waals surface area (Å²) in [6.07, 6.45) is 0. The second kappa shape index (κ2) is 7.01. The molecule has 0 atom stereocenters. The fraction of sp³-hybridized carbons (Fsp3) is 0.286. The van der Waals surface area contributed by atoms with Gasteiger partial charge in [0.2, 0.25) is 0 Å². The van der Waals surface area contributed by atoms with Gasteiger partial charge in [-0.25, -0.2) is 12.7 Å². The molecule has 2 aromatic rings. The first-order chi connectivity index (χ1) is 11.2. The number of aryl methyl sites for hydroxylation is 1. The summed E-state index contributed by atoms with van der Waals surface area (Å²) in [4.78, 5) is 25.3. The number of sulfonamides is 1. The van der Waals surface area contributed by atoms with Gasteiger partial charge in [-0.1, -0.05) is 6.92 Å². The molecule has 2 rings (SSSR count). The summed E-state index contributed by atoms with van der Waals surface area (Å²) in [5.74, 6) is -1.21. The van der Waals surface area contributed by atoms with Crippen LogP contribution in [0.4, 0.5) is 5.00 Å².